The molecular formula is C10H10ClNO2. The van der Waals surface area contributed by atoms with Gasteiger partial charge in [-0.2, -0.15) is 0 Å². The van der Waals surface area contributed by atoms with E-state index in [4.69, 9.17) is 15.2 Å². The van der Waals surface area contributed by atoms with Crippen LogP contribution < -0.4 is 5.73 Å². The van der Waals surface area contributed by atoms with Gasteiger partial charge in [0.25, 0.3) is 0 Å². The predicted molar refractivity (Wildman–Crippen MR) is 56.1 cm³/mol. The van der Waals surface area contributed by atoms with Gasteiger partial charge in [0, 0.05) is 0 Å². The van der Waals surface area contributed by atoms with Crippen molar-refractivity contribution in [1.29, 1.82) is 0 Å². The Morgan fingerprint density at radius 1 is 1.00 bits per heavy atom. The van der Waals surface area contributed by atoms with Crippen molar-refractivity contribution in [1.82, 2.24) is 0 Å². The van der Waals surface area contributed by atoms with Gasteiger partial charge in [-0.15, -0.1) is 12.4 Å². The Hall–Kier alpha value is -1.61. The molecule has 2 aliphatic rings. The minimum absolute atomic E-state index is 0. The molecule has 0 amide bonds. The van der Waals surface area contributed by atoms with Gasteiger partial charge in [0.2, 0.25) is 0 Å². The van der Waals surface area contributed by atoms with E-state index in [1.165, 1.54) is 0 Å². The molecule has 0 atom stereocenters. The molecule has 0 aromatic carbocycles. The minimum Gasteiger partial charge on any atom is -0.461 e. The fourth-order valence-electron chi connectivity index (χ4n) is 1.04. The predicted octanol–water partition coefficient (Wildman–Crippen LogP) is 2.11. The van der Waals surface area contributed by atoms with E-state index in [9.17, 15) is 0 Å². The molecule has 0 saturated carbocycles. The average Bonchev–Trinajstić information content (AvgIpc) is 2.19. The van der Waals surface area contributed by atoms with Crippen LogP contribution in [0.1, 0.15) is 0 Å². The zero-order chi connectivity index (χ0) is 9.10. The monoisotopic (exact) mass is 211 g/mol. The SMILES string of the molecule is Cl.NC1=CC=CC(=C2C=CC=CO2)O1. The van der Waals surface area contributed by atoms with E-state index >= 15 is 0 Å². The first-order valence-electron chi connectivity index (χ1n) is 3.92. The summed E-state index contributed by atoms with van der Waals surface area (Å²) >= 11 is 0. The number of allylic oxidation sites excluding steroid dienone is 6. The summed E-state index contributed by atoms with van der Waals surface area (Å²) in [5.41, 5.74) is 5.49. The summed E-state index contributed by atoms with van der Waals surface area (Å²) in [6, 6.07) is 0. The summed E-state index contributed by atoms with van der Waals surface area (Å²) in [5.74, 6) is 1.66. The largest absolute Gasteiger partial charge is 0.461 e. The molecule has 0 fully saturated rings. The van der Waals surface area contributed by atoms with Crippen molar-refractivity contribution in [2.24, 2.45) is 5.73 Å². The lowest BCUT2D eigenvalue weighted by atomic mass is 10.3. The van der Waals surface area contributed by atoms with E-state index in [2.05, 4.69) is 0 Å². The highest BCUT2D eigenvalue weighted by Gasteiger charge is 2.08. The summed E-state index contributed by atoms with van der Waals surface area (Å²) < 4.78 is 10.5. The number of hydrogen-bond donors (Lipinski definition) is 1. The second kappa shape index (κ2) is 4.58. The molecule has 0 bridgehead atoms. The molecule has 14 heavy (non-hydrogen) atoms. The van der Waals surface area contributed by atoms with Crippen molar-refractivity contribution in [3.05, 3.63) is 60.1 Å². The van der Waals surface area contributed by atoms with Crippen molar-refractivity contribution >= 4 is 12.4 Å². The molecule has 0 radical (unpaired) electrons. The highest BCUT2D eigenvalue weighted by molar-refractivity contribution is 5.85. The van der Waals surface area contributed by atoms with Gasteiger partial charge >= 0.3 is 0 Å². The molecule has 2 aliphatic heterocycles. The summed E-state index contributed by atoms with van der Waals surface area (Å²) in [4.78, 5) is 0. The summed E-state index contributed by atoms with van der Waals surface area (Å²) in [7, 11) is 0. The second-order valence-corrected chi connectivity index (χ2v) is 2.56. The van der Waals surface area contributed by atoms with Gasteiger partial charge in [-0.05, 0) is 24.3 Å². The smallest absolute Gasteiger partial charge is 0.191 e. The van der Waals surface area contributed by atoms with Gasteiger partial charge < -0.3 is 15.2 Å². The molecule has 2 N–H and O–H groups in total. The summed E-state index contributed by atoms with van der Waals surface area (Å²) in [6.07, 6.45) is 12.4. The fraction of sp³-hybridized carbons (Fsp3) is 0. The van der Waals surface area contributed by atoms with Crippen molar-refractivity contribution in [2.45, 2.75) is 0 Å². The van der Waals surface area contributed by atoms with Crippen LogP contribution in [0.25, 0.3) is 0 Å². The van der Waals surface area contributed by atoms with Crippen LogP contribution in [-0.4, -0.2) is 0 Å². The van der Waals surface area contributed by atoms with Gasteiger partial charge in [0.15, 0.2) is 17.4 Å². The molecule has 0 aromatic rings. The first-order valence-corrected chi connectivity index (χ1v) is 3.92. The standard InChI is InChI=1S/C10H9NO2.ClH/c11-10-6-3-5-9(13-10)8-4-1-2-7-12-8;/h1-7H,11H2;1H. The van der Waals surface area contributed by atoms with E-state index in [1.54, 1.807) is 24.5 Å². The lowest BCUT2D eigenvalue weighted by Crippen LogP contribution is -2.06. The summed E-state index contributed by atoms with van der Waals surface area (Å²) in [5, 5.41) is 0. The van der Waals surface area contributed by atoms with E-state index in [-0.39, 0.29) is 12.4 Å². The lowest BCUT2D eigenvalue weighted by Gasteiger charge is -2.13. The second-order valence-electron chi connectivity index (χ2n) is 2.56. The van der Waals surface area contributed by atoms with Crippen LogP contribution >= 0.6 is 12.4 Å². The molecule has 2 heterocycles. The highest BCUT2D eigenvalue weighted by Crippen LogP contribution is 2.18. The maximum absolute atomic E-state index is 5.49. The molecule has 4 heteroatoms. The first-order chi connectivity index (χ1) is 6.36. The Balaban J connectivity index is 0.000000980. The van der Waals surface area contributed by atoms with Gasteiger partial charge in [-0.3, -0.25) is 0 Å². The van der Waals surface area contributed by atoms with Crippen molar-refractivity contribution in [3.8, 4) is 0 Å². The zero-order valence-electron chi connectivity index (χ0n) is 7.34. The zero-order valence-corrected chi connectivity index (χ0v) is 8.16. The normalized spacial score (nSPS) is 23.3. The van der Waals surface area contributed by atoms with Gasteiger partial charge in [-0.1, -0.05) is 12.2 Å². The quantitative estimate of drug-likeness (QED) is 0.668. The highest BCUT2D eigenvalue weighted by atomic mass is 35.5. The van der Waals surface area contributed by atoms with Crippen molar-refractivity contribution in [3.63, 3.8) is 0 Å². The molecule has 0 unspecified atom stereocenters. The average molecular weight is 212 g/mol. The number of hydrogen-bond acceptors (Lipinski definition) is 3. The number of nitrogens with two attached hydrogens (primary N) is 1. The topological polar surface area (TPSA) is 44.5 Å². The van der Waals surface area contributed by atoms with E-state index in [0.717, 1.165) is 0 Å². The van der Waals surface area contributed by atoms with E-state index in [0.29, 0.717) is 17.4 Å². The van der Waals surface area contributed by atoms with Gasteiger partial charge in [0.1, 0.15) is 0 Å². The molecular weight excluding hydrogens is 202 g/mol. The van der Waals surface area contributed by atoms with Crippen LogP contribution in [0.4, 0.5) is 0 Å². The third-order valence-corrected chi connectivity index (χ3v) is 1.61. The molecule has 0 aromatic heterocycles. The Morgan fingerprint density at radius 3 is 2.43 bits per heavy atom. The van der Waals surface area contributed by atoms with Gasteiger partial charge in [0.05, 0.1) is 6.26 Å². The third-order valence-electron chi connectivity index (χ3n) is 1.61. The summed E-state index contributed by atoms with van der Waals surface area (Å²) in [6.45, 7) is 0. The molecule has 0 aliphatic carbocycles. The van der Waals surface area contributed by atoms with Crippen LogP contribution in [0.15, 0.2) is 60.1 Å². The maximum Gasteiger partial charge on any atom is 0.191 e. The van der Waals surface area contributed by atoms with Crippen LogP contribution in [0.3, 0.4) is 0 Å². The minimum atomic E-state index is 0. The molecule has 3 nitrogen and oxygen atoms in total. The molecule has 0 saturated heterocycles. The Labute approximate surface area is 88.3 Å². The van der Waals surface area contributed by atoms with Crippen molar-refractivity contribution in [2.75, 3.05) is 0 Å². The Bertz CT molecular complexity index is 364. The number of rotatable bonds is 0. The lowest BCUT2D eigenvalue weighted by molar-refractivity contribution is 0.266. The van der Waals surface area contributed by atoms with E-state index < -0.39 is 0 Å². The Morgan fingerprint density at radius 2 is 1.79 bits per heavy atom. The molecule has 0 spiro atoms. The van der Waals surface area contributed by atoms with Crippen LogP contribution in [-0.2, 0) is 9.47 Å². The van der Waals surface area contributed by atoms with Gasteiger partial charge in [-0.25, -0.2) is 0 Å². The fourth-order valence-corrected chi connectivity index (χ4v) is 1.04. The van der Waals surface area contributed by atoms with Crippen LogP contribution in [0.2, 0.25) is 0 Å². The number of halogens is 1. The molecule has 74 valence electrons. The molecule has 2 rings (SSSR count). The van der Waals surface area contributed by atoms with Crippen molar-refractivity contribution < 1.29 is 9.47 Å². The number of ether oxygens (including phenoxy) is 2. The van der Waals surface area contributed by atoms with E-state index in [1.807, 2.05) is 18.2 Å². The van der Waals surface area contributed by atoms with Crippen LogP contribution in [0.5, 0.6) is 0 Å². The maximum atomic E-state index is 5.49. The Kier molecular flexibility index (Phi) is 3.42. The third kappa shape index (κ3) is 2.20. The first kappa shape index (κ1) is 10.5. The van der Waals surface area contributed by atoms with Crippen LogP contribution in [0, 0.1) is 0 Å².